The van der Waals surface area contributed by atoms with Crippen molar-refractivity contribution in [2.45, 2.75) is 30.5 Å². The van der Waals surface area contributed by atoms with Gasteiger partial charge in [-0.25, -0.2) is 0 Å². The fourth-order valence-corrected chi connectivity index (χ4v) is 4.56. The van der Waals surface area contributed by atoms with Crippen molar-refractivity contribution in [1.82, 2.24) is 24.5 Å². The van der Waals surface area contributed by atoms with E-state index in [-0.39, 0.29) is 112 Å². The zero-order valence-corrected chi connectivity index (χ0v) is 26.0. The minimum absolute atomic E-state index is 0. The summed E-state index contributed by atoms with van der Waals surface area (Å²) >= 11 is 0. The van der Waals surface area contributed by atoms with Crippen molar-refractivity contribution < 1.29 is 100 Å². The van der Waals surface area contributed by atoms with Gasteiger partial charge in [0.2, 0.25) is 0 Å². The largest absolute Gasteiger partial charge is 3.00 e. The summed E-state index contributed by atoms with van der Waals surface area (Å²) in [6, 6.07) is 0. The Hall–Kier alpha value is -0.705. The quantitative estimate of drug-likeness (QED) is 0.0856. The molecule has 1 rings (SSSR count). The molecule has 0 aromatic rings. The first-order valence-corrected chi connectivity index (χ1v) is 13.4. The monoisotopic (exact) mass is 752 g/mol. The number of nitrogens with zero attached hydrogens (tertiary/aromatic N) is 5. The zero-order chi connectivity index (χ0) is 31.1. The van der Waals surface area contributed by atoms with Gasteiger partial charge < -0.3 is 65.2 Å². The van der Waals surface area contributed by atoms with Crippen LogP contribution < -0.4 is 15.3 Å². The van der Waals surface area contributed by atoms with Crippen LogP contribution in [0.2, 0.25) is 0 Å². The van der Waals surface area contributed by atoms with Crippen LogP contribution in [0.15, 0.2) is 0 Å². The van der Waals surface area contributed by atoms with Gasteiger partial charge in [0.25, 0.3) is 0 Å². The first-order valence-electron chi connectivity index (χ1n) is 13.4. The molecule has 5 unspecified atom stereocenters. The van der Waals surface area contributed by atoms with Crippen molar-refractivity contribution in [3.8, 4) is 0 Å². The molecule has 1 aliphatic rings. The van der Waals surface area contributed by atoms with Crippen molar-refractivity contribution in [3.05, 3.63) is 0 Å². The standard InChI is InChI=1S/C24H47N5O12.Gd/c1-25(12-18(32)23(40)24(41)19(33)16-30)10-17(31)11-26-2-4-27(13-20(34)35)6-8-29(15-22(38)39)9-7-28(5-3-26)14-21(36)37;/h17-19,23-24,30-33,40-41H,2-16H2,1H3,(H,34,35)(H,36,37)(H,38,39);/q;+3/p-3. The molecule has 18 heteroatoms. The molecular formula is C24H44GdN5O12. The molecule has 0 aliphatic carbocycles. The van der Waals surface area contributed by atoms with E-state index in [1.54, 1.807) is 16.8 Å². The molecule has 0 aromatic carbocycles. The molecule has 1 heterocycles. The fraction of sp³-hybridized carbons (Fsp3) is 0.875. The Morgan fingerprint density at radius 3 is 1.31 bits per heavy atom. The number of likely N-dealkylation sites (N-methyl/N-ethyl adjacent to an activating group) is 1. The van der Waals surface area contributed by atoms with Gasteiger partial charge in [-0.3, -0.25) is 19.6 Å². The van der Waals surface area contributed by atoms with Gasteiger partial charge in [0.1, 0.15) is 18.3 Å². The number of carbonyl (C=O) groups excluding carboxylic acids is 3. The number of carboxylic acid groups (broad SMARTS) is 3. The molecule has 1 saturated heterocycles. The third-order valence-electron chi connectivity index (χ3n) is 6.80. The van der Waals surface area contributed by atoms with Gasteiger partial charge in [-0.1, -0.05) is 0 Å². The molecule has 245 valence electrons. The minimum Gasteiger partial charge on any atom is -0.549 e. The number of carbonyl (C=O) groups is 3. The molecule has 0 saturated carbocycles. The number of aliphatic hydroxyl groups excluding tert-OH is 6. The number of rotatable bonds is 16. The average molecular weight is 752 g/mol. The third kappa shape index (κ3) is 17.6. The van der Waals surface area contributed by atoms with Gasteiger partial charge in [0.15, 0.2) is 0 Å². The van der Waals surface area contributed by atoms with E-state index < -0.39 is 74.7 Å². The first-order chi connectivity index (χ1) is 19.2. The van der Waals surface area contributed by atoms with Gasteiger partial charge in [-0.2, -0.15) is 0 Å². The summed E-state index contributed by atoms with van der Waals surface area (Å²) in [6.07, 6.45) is -7.67. The number of aliphatic hydroxyl groups is 6. The summed E-state index contributed by atoms with van der Waals surface area (Å²) < 4.78 is 0. The molecule has 6 N–H and O–H groups in total. The van der Waals surface area contributed by atoms with Gasteiger partial charge in [-0.05, 0) is 7.05 Å². The van der Waals surface area contributed by atoms with Crippen LogP contribution in [0.25, 0.3) is 0 Å². The van der Waals surface area contributed by atoms with Crippen LogP contribution in [-0.4, -0.2) is 209 Å². The van der Waals surface area contributed by atoms with Crippen LogP contribution in [0.1, 0.15) is 0 Å². The predicted molar refractivity (Wildman–Crippen MR) is 135 cm³/mol. The van der Waals surface area contributed by atoms with Crippen LogP contribution in [0.3, 0.4) is 0 Å². The van der Waals surface area contributed by atoms with Crippen LogP contribution >= 0.6 is 0 Å². The zero-order valence-electron chi connectivity index (χ0n) is 23.7. The Labute approximate surface area is 277 Å². The first kappa shape index (κ1) is 41.3. The Balaban J connectivity index is 0.0000168. The van der Waals surface area contributed by atoms with Crippen LogP contribution in [0.4, 0.5) is 0 Å². The second kappa shape index (κ2) is 21.9. The van der Waals surface area contributed by atoms with E-state index in [1.165, 1.54) is 9.80 Å². The Morgan fingerprint density at radius 1 is 0.643 bits per heavy atom. The van der Waals surface area contributed by atoms with Crippen LogP contribution in [0.5, 0.6) is 0 Å². The van der Waals surface area contributed by atoms with Gasteiger partial charge in [-0.15, -0.1) is 0 Å². The molecule has 1 aliphatic heterocycles. The molecule has 0 bridgehead atoms. The van der Waals surface area contributed by atoms with E-state index in [0.29, 0.717) is 0 Å². The smallest absolute Gasteiger partial charge is 0.549 e. The molecule has 0 spiro atoms. The van der Waals surface area contributed by atoms with Crippen molar-refractivity contribution in [3.63, 3.8) is 0 Å². The number of carboxylic acids is 3. The second-order valence-corrected chi connectivity index (χ2v) is 10.4. The number of aliphatic carboxylic acids is 3. The van der Waals surface area contributed by atoms with Gasteiger partial charge >= 0.3 is 39.9 Å². The minimum atomic E-state index is -1.78. The Bertz CT molecular complexity index is 771. The molecule has 1 radical (unpaired) electrons. The molecule has 1 fully saturated rings. The Kier molecular flexibility index (Phi) is 21.5. The van der Waals surface area contributed by atoms with E-state index in [0.717, 1.165) is 0 Å². The fourth-order valence-electron chi connectivity index (χ4n) is 4.56. The van der Waals surface area contributed by atoms with E-state index in [9.17, 15) is 55.2 Å². The number of β-amino-alcohol motifs (C(OH)–C–C–N with tert-alkyl or cyclic N) is 1. The van der Waals surface area contributed by atoms with Gasteiger partial charge in [0, 0.05) is 91.6 Å². The van der Waals surface area contributed by atoms with E-state index >= 15 is 0 Å². The summed E-state index contributed by atoms with van der Waals surface area (Å²) in [5.74, 6) is -3.94. The summed E-state index contributed by atoms with van der Waals surface area (Å²) in [5, 5.41) is 92.8. The van der Waals surface area contributed by atoms with Crippen LogP contribution in [-0.2, 0) is 14.4 Å². The topological polar surface area (TPSA) is 258 Å². The SMILES string of the molecule is CN(CC(O)CN1CCN(CC(=O)[O-])CCN(CC(=O)[O-])CCN(CC(=O)[O-])CC1)CC(O)C(O)C(O)C(O)CO.[Gd+3]. The van der Waals surface area contributed by atoms with Gasteiger partial charge in [0.05, 0.1) is 36.7 Å². The summed E-state index contributed by atoms with van der Waals surface area (Å²) in [7, 11) is 1.55. The van der Waals surface area contributed by atoms with E-state index in [4.69, 9.17) is 5.11 Å². The third-order valence-corrected chi connectivity index (χ3v) is 6.80. The Morgan fingerprint density at radius 2 is 0.976 bits per heavy atom. The van der Waals surface area contributed by atoms with Crippen LogP contribution in [0, 0.1) is 39.9 Å². The maximum Gasteiger partial charge on any atom is 3.00 e. The number of hydrogen-bond donors (Lipinski definition) is 6. The summed E-state index contributed by atoms with van der Waals surface area (Å²) in [4.78, 5) is 41.7. The van der Waals surface area contributed by atoms with Crippen molar-refractivity contribution >= 4 is 17.9 Å². The maximum atomic E-state index is 11.3. The molecular weight excluding hydrogens is 708 g/mol. The second-order valence-electron chi connectivity index (χ2n) is 10.4. The van der Waals surface area contributed by atoms with Crippen molar-refractivity contribution in [2.24, 2.45) is 0 Å². The predicted octanol–water partition coefficient (Wildman–Crippen LogP) is -9.81. The summed E-state index contributed by atoms with van der Waals surface area (Å²) in [6.45, 7) is -0.322. The number of hydrogen-bond acceptors (Lipinski definition) is 17. The molecule has 0 amide bonds. The maximum absolute atomic E-state index is 11.3. The average Bonchev–Trinajstić information content (AvgIpc) is 2.87. The molecule has 5 atom stereocenters. The normalized spacial score (nSPS) is 20.9. The molecule has 0 aromatic heterocycles. The molecule has 42 heavy (non-hydrogen) atoms. The van der Waals surface area contributed by atoms with Crippen molar-refractivity contribution in [2.75, 3.05) is 105 Å². The summed E-state index contributed by atoms with van der Waals surface area (Å²) in [5.41, 5.74) is 0. The molecule has 17 nitrogen and oxygen atoms in total. The van der Waals surface area contributed by atoms with E-state index in [1.807, 2.05) is 4.90 Å². The van der Waals surface area contributed by atoms with E-state index in [2.05, 4.69) is 0 Å². The van der Waals surface area contributed by atoms with Crippen molar-refractivity contribution in [1.29, 1.82) is 0 Å².